The molecule has 6 heteroatoms. The third-order valence-electron chi connectivity index (χ3n) is 1.81. The predicted octanol–water partition coefficient (Wildman–Crippen LogP) is 0.370. The first kappa shape index (κ1) is 12.2. The Bertz CT molecular complexity index is 164. The standard InChI is InChI=1S/C8H20ClN5/c1-4-10-13-5-12(9)6-14(7-13)11-8(2)3/h8,10-11H,4-7H2,1-3H3. The SMILES string of the molecule is CCNN1CN(Cl)CN(NC(C)C)C1. The summed E-state index contributed by atoms with van der Waals surface area (Å²) in [4.78, 5) is 0. The lowest BCUT2D eigenvalue weighted by Gasteiger charge is -2.39. The van der Waals surface area contributed by atoms with Crippen LogP contribution in [0.2, 0.25) is 0 Å². The van der Waals surface area contributed by atoms with E-state index in [2.05, 4.69) is 41.6 Å². The van der Waals surface area contributed by atoms with E-state index in [1.807, 2.05) is 0 Å². The zero-order chi connectivity index (χ0) is 10.6. The maximum absolute atomic E-state index is 6.00. The van der Waals surface area contributed by atoms with Gasteiger partial charge in [0.25, 0.3) is 0 Å². The molecule has 0 unspecified atom stereocenters. The van der Waals surface area contributed by atoms with E-state index in [1.165, 1.54) is 0 Å². The predicted molar refractivity (Wildman–Crippen MR) is 57.9 cm³/mol. The number of hydrazine groups is 2. The molecule has 0 atom stereocenters. The highest BCUT2D eigenvalue weighted by Crippen LogP contribution is 2.05. The highest BCUT2D eigenvalue weighted by molar-refractivity contribution is 6.13. The Labute approximate surface area is 91.0 Å². The molecule has 0 aromatic rings. The van der Waals surface area contributed by atoms with Gasteiger partial charge in [-0.3, -0.25) is 10.9 Å². The molecule has 2 N–H and O–H groups in total. The van der Waals surface area contributed by atoms with Gasteiger partial charge in [0.05, 0.1) is 20.0 Å². The fraction of sp³-hybridized carbons (Fsp3) is 1.00. The highest BCUT2D eigenvalue weighted by atomic mass is 35.5. The van der Waals surface area contributed by atoms with E-state index in [4.69, 9.17) is 11.8 Å². The molecule has 1 fully saturated rings. The second-order valence-corrected chi connectivity index (χ2v) is 4.24. The maximum atomic E-state index is 6.00. The second-order valence-electron chi connectivity index (χ2n) is 3.76. The van der Waals surface area contributed by atoms with Gasteiger partial charge in [0.15, 0.2) is 0 Å². The lowest BCUT2D eigenvalue weighted by atomic mass is 10.4. The Hall–Kier alpha value is 0.0900. The second kappa shape index (κ2) is 5.85. The number of hydrogen-bond donors (Lipinski definition) is 2. The van der Waals surface area contributed by atoms with Crippen LogP contribution >= 0.6 is 11.8 Å². The topological polar surface area (TPSA) is 33.8 Å². The third-order valence-corrected chi connectivity index (χ3v) is 2.03. The molecular weight excluding hydrogens is 202 g/mol. The monoisotopic (exact) mass is 221 g/mol. The van der Waals surface area contributed by atoms with Gasteiger partial charge < -0.3 is 0 Å². The van der Waals surface area contributed by atoms with Crippen molar-refractivity contribution in [1.82, 2.24) is 25.3 Å². The molecule has 14 heavy (non-hydrogen) atoms. The number of halogens is 1. The molecule has 0 amide bonds. The van der Waals surface area contributed by atoms with Crippen LogP contribution in [-0.4, -0.2) is 47.0 Å². The smallest absolute Gasteiger partial charge is 0.0820 e. The summed E-state index contributed by atoms with van der Waals surface area (Å²) in [7, 11) is 0. The van der Waals surface area contributed by atoms with Crippen molar-refractivity contribution in [3.8, 4) is 0 Å². The summed E-state index contributed by atoms with van der Waals surface area (Å²) in [5.41, 5.74) is 6.57. The molecule has 0 aromatic carbocycles. The number of nitrogens with zero attached hydrogens (tertiary/aromatic N) is 3. The van der Waals surface area contributed by atoms with Crippen LogP contribution in [0.4, 0.5) is 0 Å². The molecule has 0 bridgehead atoms. The van der Waals surface area contributed by atoms with Gasteiger partial charge in [-0.2, -0.15) is 4.42 Å². The van der Waals surface area contributed by atoms with Crippen LogP contribution in [0.1, 0.15) is 20.8 Å². The van der Waals surface area contributed by atoms with Crippen LogP contribution in [0, 0.1) is 0 Å². The number of rotatable bonds is 4. The average Bonchev–Trinajstić information content (AvgIpc) is 2.01. The van der Waals surface area contributed by atoms with Crippen molar-refractivity contribution < 1.29 is 0 Å². The van der Waals surface area contributed by atoms with Gasteiger partial charge in [-0.05, 0) is 25.6 Å². The van der Waals surface area contributed by atoms with E-state index in [-0.39, 0.29) is 0 Å². The van der Waals surface area contributed by atoms with E-state index >= 15 is 0 Å². The van der Waals surface area contributed by atoms with Crippen molar-refractivity contribution in [2.45, 2.75) is 26.8 Å². The summed E-state index contributed by atoms with van der Waals surface area (Å²) < 4.78 is 1.74. The van der Waals surface area contributed by atoms with Gasteiger partial charge in [-0.25, -0.2) is 10.0 Å². The van der Waals surface area contributed by atoms with Gasteiger partial charge in [0.1, 0.15) is 0 Å². The van der Waals surface area contributed by atoms with E-state index in [9.17, 15) is 0 Å². The van der Waals surface area contributed by atoms with Gasteiger partial charge in [-0.1, -0.05) is 6.92 Å². The van der Waals surface area contributed by atoms with E-state index in [1.54, 1.807) is 4.42 Å². The Morgan fingerprint density at radius 3 is 2.43 bits per heavy atom. The minimum Gasteiger partial charge on any atom is -0.253 e. The molecule has 1 heterocycles. The fourth-order valence-corrected chi connectivity index (χ4v) is 1.74. The Morgan fingerprint density at radius 1 is 1.21 bits per heavy atom. The van der Waals surface area contributed by atoms with Crippen molar-refractivity contribution in [3.05, 3.63) is 0 Å². The van der Waals surface area contributed by atoms with E-state index in [0.717, 1.165) is 26.6 Å². The first-order valence-electron chi connectivity index (χ1n) is 5.02. The summed E-state index contributed by atoms with van der Waals surface area (Å²) in [5.74, 6) is 0. The van der Waals surface area contributed by atoms with Gasteiger partial charge in [-0.15, -0.1) is 0 Å². The lowest BCUT2D eigenvalue weighted by molar-refractivity contribution is -0.0493. The molecule has 1 saturated heterocycles. The number of hydrogen-bond acceptors (Lipinski definition) is 5. The molecule has 1 rings (SSSR count). The Morgan fingerprint density at radius 2 is 1.86 bits per heavy atom. The summed E-state index contributed by atoms with van der Waals surface area (Å²) >= 11 is 6.00. The van der Waals surface area contributed by atoms with Crippen molar-refractivity contribution in [1.29, 1.82) is 0 Å². The Kier molecular flexibility index (Phi) is 5.08. The van der Waals surface area contributed by atoms with Crippen molar-refractivity contribution in [2.75, 3.05) is 26.6 Å². The van der Waals surface area contributed by atoms with Crippen molar-refractivity contribution in [3.63, 3.8) is 0 Å². The van der Waals surface area contributed by atoms with Crippen LogP contribution in [0.3, 0.4) is 0 Å². The van der Waals surface area contributed by atoms with E-state index in [0.29, 0.717) is 6.04 Å². The molecule has 1 aliphatic rings. The van der Waals surface area contributed by atoms with Crippen molar-refractivity contribution >= 4 is 11.8 Å². The summed E-state index contributed by atoms with van der Waals surface area (Å²) in [6, 6.07) is 0.432. The first-order chi connectivity index (χ1) is 6.61. The molecule has 5 nitrogen and oxygen atoms in total. The average molecular weight is 222 g/mol. The largest absolute Gasteiger partial charge is 0.253 e. The van der Waals surface area contributed by atoms with E-state index < -0.39 is 0 Å². The fourth-order valence-electron chi connectivity index (χ4n) is 1.48. The van der Waals surface area contributed by atoms with Gasteiger partial charge in [0, 0.05) is 12.6 Å². The zero-order valence-electron chi connectivity index (χ0n) is 9.13. The lowest BCUT2D eigenvalue weighted by Crippen LogP contribution is -2.61. The third kappa shape index (κ3) is 4.08. The molecule has 0 spiro atoms. The molecular formula is C8H20ClN5. The quantitative estimate of drug-likeness (QED) is 0.671. The van der Waals surface area contributed by atoms with Crippen LogP contribution in [-0.2, 0) is 0 Å². The molecule has 0 radical (unpaired) electrons. The minimum atomic E-state index is 0.432. The zero-order valence-corrected chi connectivity index (χ0v) is 9.88. The summed E-state index contributed by atoms with van der Waals surface area (Å²) in [5, 5.41) is 4.16. The maximum Gasteiger partial charge on any atom is 0.0820 e. The van der Waals surface area contributed by atoms with Crippen LogP contribution in [0.5, 0.6) is 0 Å². The minimum absolute atomic E-state index is 0.432. The van der Waals surface area contributed by atoms with Crippen LogP contribution in [0.25, 0.3) is 0 Å². The number of nitrogens with one attached hydrogen (secondary N) is 2. The molecule has 84 valence electrons. The molecule has 0 aliphatic carbocycles. The first-order valence-corrected chi connectivity index (χ1v) is 5.36. The normalized spacial score (nSPS) is 22.1. The van der Waals surface area contributed by atoms with Crippen LogP contribution < -0.4 is 10.9 Å². The molecule has 0 saturated carbocycles. The summed E-state index contributed by atoms with van der Waals surface area (Å²) in [6.07, 6.45) is 0. The summed E-state index contributed by atoms with van der Waals surface area (Å²) in [6.45, 7) is 9.55. The van der Waals surface area contributed by atoms with Crippen molar-refractivity contribution in [2.24, 2.45) is 0 Å². The van der Waals surface area contributed by atoms with Gasteiger partial charge in [0.2, 0.25) is 0 Å². The Balaban J connectivity index is 2.37. The molecule has 1 aliphatic heterocycles. The highest BCUT2D eigenvalue weighted by Gasteiger charge is 2.21. The van der Waals surface area contributed by atoms with Gasteiger partial charge >= 0.3 is 0 Å². The molecule has 0 aromatic heterocycles. The van der Waals surface area contributed by atoms with Crippen LogP contribution in [0.15, 0.2) is 0 Å².